The van der Waals surface area contributed by atoms with E-state index >= 15 is 0 Å². The summed E-state index contributed by atoms with van der Waals surface area (Å²) in [4.78, 5) is 29.3. The number of benzene rings is 1. The van der Waals surface area contributed by atoms with Crippen molar-refractivity contribution in [3.8, 4) is 11.6 Å². The van der Waals surface area contributed by atoms with Gasteiger partial charge in [-0.25, -0.2) is 4.79 Å². The van der Waals surface area contributed by atoms with Crippen LogP contribution in [0.15, 0.2) is 29.1 Å². The molecule has 1 fully saturated rings. The molecule has 0 saturated carbocycles. The van der Waals surface area contributed by atoms with Crippen molar-refractivity contribution in [2.24, 2.45) is 0 Å². The quantitative estimate of drug-likeness (QED) is 0.703. The molecule has 1 atom stereocenters. The van der Waals surface area contributed by atoms with Crippen LogP contribution in [-0.4, -0.2) is 43.8 Å². The third-order valence-electron chi connectivity index (χ3n) is 4.71. The normalized spacial score (nSPS) is 16.8. The highest BCUT2D eigenvalue weighted by Gasteiger charge is 2.33. The molecule has 1 aromatic carbocycles. The average Bonchev–Trinajstić information content (AvgIpc) is 3.07. The van der Waals surface area contributed by atoms with Gasteiger partial charge in [0.25, 0.3) is 5.56 Å². The molecule has 2 aromatic rings. The van der Waals surface area contributed by atoms with Crippen molar-refractivity contribution in [1.29, 1.82) is 0 Å². The second-order valence-corrected chi connectivity index (χ2v) is 8.87. The molecule has 0 aliphatic carbocycles. The fraction of sp³-hybridized carbons (Fsp3) is 0.450. The molecular weight excluding hydrogens is 414 g/mol. The molecule has 156 valence electrons. The Labute approximate surface area is 178 Å². The summed E-state index contributed by atoms with van der Waals surface area (Å²) in [7, 11) is 0. The standard InChI is InChI=1S/C20H24ClN3O4S/c1-20(2,3)28-19(27)23-10-4-5-14(23)11-15-16(25)22-18(29)24(17(15)26)13-8-6-12(21)7-9-13/h6-9,14,26H,4-5,10-11H2,1-3H3,(H,22,25,29)/t14-/m0/s1. The maximum Gasteiger partial charge on any atom is 0.410 e. The smallest absolute Gasteiger partial charge is 0.410 e. The fourth-order valence-corrected chi connectivity index (χ4v) is 3.83. The van der Waals surface area contributed by atoms with E-state index in [0.717, 1.165) is 6.42 Å². The number of hydrogen-bond acceptors (Lipinski definition) is 5. The molecule has 1 saturated heterocycles. The van der Waals surface area contributed by atoms with Crippen LogP contribution in [0.4, 0.5) is 4.79 Å². The molecule has 1 aromatic heterocycles. The van der Waals surface area contributed by atoms with Crippen molar-refractivity contribution in [2.75, 3.05) is 6.54 Å². The van der Waals surface area contributed by atoms with E-state index in [-0.39, 0.29) is 28.7 Å². The first kappa shape index (κ1) is 21.4. The summed E-state index contributed by atoms with van der Waals surface area (Å²) < 4.78 is 6.94. The van der Waals surface area contributed by atoms with E-state index in [2.05, 4.69) is 4.98 Å². The number of likely N-dealkylation sites (tertiary alicyclic amines) is 1. The van der Waals surface area contributed by atoms with Crippen LogP contribution in [0.1, 0.15) is 39.2 Å². The SMILES string of the molecule is CC(C)(C)OC(=O)N1CCC[C@H]1Cc1c(O)n(-c2ccc(Cl)cc2)c(=S)[nH]c1=O. The Morgan fingerprint density at radius 3 is 2.62 bits per heavy atom. The molecule has 0 bridgehead atoms. The number of carbonyl (C=O) groups excluding carboxylic acids is 1. The molecule has 0 unspecified atom stereocenters. The van der Waals surface area contributed by atoms with E-state index in [1.807, 2.05) is 20.8 Å². The number of nitrogens with zero attached hydrogens (tertiary/aromatic N) is 2. The fourth-order valence-electron chi connectivity index (χ4n) is 3.42. The Balaban J connectivity index is 1.94. The van der Waals surface area contributed by atoms with Gasteiger partial charge < -0.3 is 14.7 Å². The summed E-state index contributed by atoms with van der Waals surface area (Å²) in [6.07, 6.45) is 1.30. The minimum absolute atomic E-state index is 0.0778. The van der Waals surface area contributed by atoms with Crippen LogP contribution in [0, 0.1) is 4.77 Å². The molecule has 3 rings (SSSR count). The van der Waals surface area contributed by atoms with Gasteiger partial charge in [0.1, 0.15) is 5.60 Å². The maximum absolute atomic E-state index is 12.5. The monoisotopic (exact) mass is 437 g/mol. The Kier molecular flexibility index (Phi) is 6.05. The Bertz CT molecular complexity index is 1020. The first-order valence-electron chi connectivity index (χ1n) is 9.39. The largest absolute Gasteiger partial charge is 0.494 e. The first-order valence-corrected chi connectivity index (χ1v) is 10.2. The van der Waals surface area contributed by atoms with Gasteiger partial charge in [-0.1, -0.05) is 11.6 Å². The molecule has 1 amide bonds. The Hall–Kier alpha value is -2.32. The molecule has 1 aliphatic rings. The molecule has 2 heterocycles. The summed E-state index contributed by atoms with van der Waals surface area (Å²) in [5.41, 5.74) is -0.321. The zero-order valence-electron chi connectivity index (χ0n) is 16.6. The number of ether oxygens (including phenoxy) is 1. The van der Waals surface area contributed by atoms with Crippen molar-refractivity contribution in [3.05, 3.63) is 50.0 Å². The van der Waals surface area contributed by atoms with Gasteiger partial charge in [0.2, 0.25) is 5.88 Å². The van der Waals surface area contributed by atoms with Crippen LogP contribution in [0.25, 0.3) is 5.69 Å². The molecule has 7 nitrogen and oxygen atoms in total. The zero-order chi connectivity index (χ0) is 21.3. The lowest BCUT2D eigenvalue weighted by Crippen LogP contribution is -2.41. The molecule has 29 heavy (non-hydrogen) atoms. The molecule has 1 aliphatic heterocycles. The number of rotatable bonds is 3. The van der Waals surface area contributed by atoms with Crippen molar-refractivity contribution < 1.29 is 14.6 Å². The second kappa shape index (κ2) is 8.20. The highest BCUT2D eigenvalue weighted by atomic mass is 35.5. The topological polar surface area (TPSA) is 87.6 Å². The van der Waals surface area contributed by atoms with Crippen LogP contribution >= 0.6 is 23.8 Å². The van der Waals surface area contributed by atoms with E-state index in [1.165, 1.54) is 4.57 Å². The molecule has 2 N–H and O–H groups in total. The Morgan fingerprint density at radius 1 is 1.34 bits per heavy atom. The molecule has 0 spiro atoms. The number of carbonyl (C=O) groups is 1. The average molecular weight is 438 g/mol. The van der Waals surface area contributed by atoms with E-state index < -0.39 is 17.3 Å². The highest BCUT2D eigenvalue weighted by molar-refractivity contribution is 7.71. The zero-order valence-corrected chi connectivity index (χ0v) is 18.1. The summed E-state index contributed by atoms with van der Waals surface area (Å²) >= 11 is 11.2. The van der Waals surface area contributed by atoms with Gasteiger partial charge in [0, 0.05) is 24.0 Å². The maximum atomic E-state index is 12.5. The van der Waals surface area contributed by atoms with Gasteiger partial charge in [-0.3, -0.25) is 14.3 Å². The van der Waals surface area contributed by atoms with Gasteiger partial charge in [-0.2, -0.15) is 0 Å². The van der Waals surface area contributed by atoms with Gasteiger partial charge in [0.05, 0.1) is 11.3 Å². The van der Waals surface area contributed by atoms with Crippen molar-refractivity contribution in [2.45, 2.75) is 51.7 Å². The predicted molar refractivity (Wildman–Crippen MR) is 114 cm³/mol. The number of aromatic amines is 1. The van der Waals surface area contributed by atoms with Crippen molar-refractivity contribution in [1.82, 2.24) is 14.5 Å². The summed E-state index contributed by atoms with van der Waals surface area (Å²) in [6, 6.07) is 6.49. The second-order valence-electron chi connectivity index (χ2n) is 8.05. The minimum Gasteiger partial charge on any atom is -0.494 e. The van der Waals surface area contributed by atoms with E-state index in [1.54, 1.807) is 29.2 Å². The van der Waals surface area contributed by atoms with Gasteiger partial charge >= 0.3 is 6.09 Å². The lowest BCUT2D eigenvalue weighted by Gasteiger charge is -2.28. The third kappa shape index (κ3) is 4.82. The molecule has 0 radical (unpaired) electrons. The lowest BCUT2D eigenvalue weighted by atomic mass is 10.1. The van der Waals surface area contributed by atoms with E-state index in [0.29, 0.717) is 23.7 Å². The van der Waals surface area contributed by atoms with E-state index in [4.69, 9.17) is 28.6 Å². The van der Waals surface area contributed by atoms with Crippen LogP contribution in [0.2, 0.25) is 5.02 Å². The summed E-state index contributed by atoms with van der Waals surface area (Å²) in [5, 5.41) is 11.4. The predicted octanol–water partition coefficient (Wildman–Crippen LogP) is 4.20. The van der Waals surface area contributed by atoms with Crippen molar-refractivity contribution >= 4 is 29.9 Å². The van der Waals surface area contributed by atoms with Crippen LogP contribution in [-0.2, 0) is 11.2 Å². The van der Waals surface area contributed by atoms with Crippen LogP contribution < -0.4 is 5.56 Å². The number of nitrogens with one attached hydrogen (secondary N) is 1. The van der Waals surface area contributed by atoms with Crippen LogP contribution in [0.3, 0.4) is 0 Å². The number of halogens is 1. The molecular formula is C20H24ClN3O4S. The highest BCUT2D eigenvalue weighted by Crippen LogP contribution is 2.27. The van der Waals surface area contributed by atoms with E-state index in [9.17, 15) is 14.7 Å². The first-order chi connectivity index (χ1) is 13.6. The van der Waals surface area contributed by atoms with Crippen molar-refractivity contribution in [3.63, 3.8) is 0 Å². The summed E-state index contributed by atoms with van der Waals surface area (Å²) in [6.45, 7) is 5.98. The number of H-pyrrole nitrogens is 1. The van der Waals surface area contributed by atoms with Crippen LogP contribution in [0.5, 0.6) is 5.88 Å². The third-order valence-corrected chi connectivity index (χ3v) is 5.25. The Morgan fingerprint density at radius 2 is 2.00 bits per heavy atom. The minimum atomic E-state index is -0.606. The number of aromatic hydroxyl groups is 1. The number of hydrogen-bond donors (Lipinski definition) is 2. The number of aromatic nitrogens is 2. The summed E-state index contributed by atoms with van der Waals surface area (Å²) in [5.74, 6) is -0.239. The van der Waals surface area contributed by atoms with Gasteiger partial charge in [0.15, 0.2) is 4.77 Å². The van der Waals surface area contributed by atoms with Gasteiger partial charge in [-0.15, -0.1) is 0 Å². The lowest BCUT2D eigenvalue weighted by molar-refractivity contribution is 0.0226. The van der Waals surface area contributed by atoms with Gasteiger partial charge in [-0.05, 0) is 70.1 Å². The number of amides is 1. The molecule has 9 heteroatoms.